The van der Waals surface area contributed by atoms with Crippen LogP contribution in [0.5, 0.6) is 11.5 Å². The summed E-state index contributed by atoms with van der Waals surface area (Å²) in [5.41, 5.74) is -0.361. The first kappa shape index (κ1) is 21.6. The summed E-state index contributed by atoms with van der Waals surface area (Å²) in [4.78, 5) is 43.5. The van der Waals surface area contributed by atoms with E-state index in [4.69, 9.17) is 25.8 Å². The Morgan fingerprint density at radius 1 is 1.24 bits per heavy atom. The number of carbonyl (C=O) groups excluding carboxylic acids is 3. The Morgan fingerprint density at radius 2 is 2.03 bits per heavy atom. The predicted octanol–water partition coefficient (Wildman–Crippen LogP) is 3.82. The lowest BCUT2D eigenvalue weighted by molar-refractivity contribution is -0.154. The van der Waals surface area contributed by atoms with E-state index in [0.717, 1.165) is 10.5 Å². The van der Waals surface area contributed by atoms with Crippen LogP contribution < -0.4 is 14.4 Å². The number of esters is 1. The number of amides is 3. The summed E-state index contributed by atoms with van der Waals surface area (Å²) in [5.74, 6) is -1.17. The zero-order valence-corrected chi connectivity index (χ0v) is 19.2. The van der Waals surface area contributed by atoms with Gasteiger partial charge in [-0.2, -0.15) is 0 Å². The minimum Gasteiger partial charge on any atom is -0.497 e. The molecular formula is C24H23ClN2O6. The molecule has 0 spiro atoms. The van der Waals surface area contributed by atoms with Gasteiger partial charge in [0.2, 0.25) is 0 Å². The highest BCUT2D eigenvalue weighted by atomic mass is 35.5. The second kappa shape index (κ2) is 7.66. The number of benzene rings is 2. The number of anilines is 1. The molecule has 9 heteroatoms. The number of rotatable bonds is 4. The second-order valence-corrected chi connectivity index (χ2v) is 8.91. The van der Waals surface area contributed by atoms with Crippen LogP contribution in [0.3, 0.4) is 0 Å². The van der Waals surface area contributed by atoms with Crippen LogP contribution in [0, 0.1) is 11.8 Å². The molecule has 2 aromatic carbocycles. The molecule has 0 bridgehead atoms. The summed E-state index contributed by atoms with van der Waals surface area (Å²) in [6, 6.07) is 10.8. The largest absolute Gasteiger partial charge is 0.497 e. The third kappa shape index (κ3) is 2.93. The molecule has 8 nitrogen and oxygen atoms in total. The van der Waals surface area contributed by atoms with Gasteiger partial charge < -0.3 is 19.1 Å². The summed E-state index contributed by atoms with van der Waals surface area (Å²) in [6.07, 6.45) is 0. The molecule has 3 aliphatic heterocycles. The van der Waals surface area contributed by atoms with Gasteiger partial charge in [-0.1, -0.05) is 17.7 Å². The zero-order valence-electron chi connectivity index (χ0n) is 18.4. The molecule has 1 unspecified atom stereocenters. The fraction of sp³-hybridized carbons (Fsp3) is 0.375. The first-order valence-corrected chi connectivity index (χ1v) is 11.1. The molecule has 2 fully saturated rings. The maximum absolute atomic E-state index is 13.9. The number of ether oxygens (including phenoxy) is 3. The van der Waals surface area contributed by atoms with Gasteiger partial charge in [0.1, 0.15) is 17.0 Å². The third-order valence-electron chi connectivity index (χ3n) is 6.83. The lowest BCUT2D eigenvalue weighted by Gasteiger charge is -2.34. The number of urea groups is 1. The van der Waals surface area contributed by atoms with E-state index in [1.54, 1.807) is 57.4 Å². The molecule has 0 saturated carbocycles. The molecule has 0 radical (unpaired) electrons. The Hall–Kier alpha value is -3.26. The number of hydrogen-bond donors (Lipinski definition) is 0. The van der Waals surface area contributed by atoms with Crippen molar-refractivity contribution in [2.45, 2.75) is 25.4 Å². The Balaban J connectivity index is 1.68. The van der Waals surface area contributed by atoms with Crippen molar-refractivity contribution in [2.75, 3.05) is 25.2 Å². The molecule has 2 aromatic rings. The Morgan fingerprint density at radius 3 is 2.73 bits per heavy atom. The number of hydrogen-bond acceptors (Lipinski definition) is 6. The van der Waals surface area contributed by atoms with Crippen LogP contribution in [0.4, 0.5) is 10.5 Å². The first-order valence-electron chi connectivity index (χ1n) is 10.7. The average Bonchev–Trinajstić information content (AvgIpc) is 3.18. The molecule has 3 heterocycles. The minimum absolute atomic E-state index is 0.164. The van der Waals surface area contributed by atoms with Crippen molar-refractivity contribution in [3.05, 3.63) is 53.1 Å². The lowest BCUT2D eigenvalue weighted by atomic mass is 9.77. The van der Waals surface area contributed by atoms with Crippen LogP contribution in [-0.2, 0) is 14.3 Å². The molecule has 3 amide bonds. The Kier molecular flexibility index (Phi) is 5.01. The standard InChI is InChI=1S/C24H23ClN2O6/c1-4-32-21(28)19-17-12-33-18-11-15(31-3)8-9-16(18)20(17)27-23(30)26(22(29)24(19,27)2)14-7-5-6-13(25)10-14/h5-11,17,19-20H,4,12H2,1-3H3/t17-,19?,20-,24+/m1/s1. The van der Waals surface area contributed by atoms with Crippen LogP contribution in [0.25, 0.3) is 0 Å². The molecule has 172 valence electrons. The third-order valence-corrected chi connectivity index (χ3v) is 7.06. The van der Waals surface area contributed by atoms with Crippen molar-refractivity contribution in [1.82, 2.24) is 4.90 Å². The molecule has 33 heavy (non-hydrogen) atoms. The van der Waals surface area contributed by atoms with Crippen LogP contribution in [0.15, 0.2) is 42.5 Å². The normalized spacial score (nSPS) is 27.6. The number of fused-ring (bicyclic) bond motifs is 5. The highest BCUT2D eigenvalue weighted by Crippen LogP contribution is 2.58. The zero-order chi connectivity index (χ0) is 23.5. The van der Waals surface area contributed by atoms with E-state index >= 15 is 0 Å². The quantitative estimate of drug-likeness (QED) is 0.499. The van der Waals surface area contributed by atoms with Gasteiger partial charge in [-0.25, -0.2) is 9.69 Å². The molecule has 0 aromatic heterocycles. The maximum Gasteiger partial charge on any atom is 0.332 e. The lowest BCUT2D eigenvalue weighted by Crippen LogP contribution is -2.51. The van der Waals surface area contributed by atoms with E-state index in [0.29, 0.717) is 22.2 Å². The summed E-state index contributed by atoms with van der Waals surface area (Å²) >= 11 is 6.14. The summed E-state index contributed by atoms with van der Waals surface area (Å²) in [7, 11) is 1.56. The summed E-state index contributed by atoms with van der Waals surface area (Å²) in [6.45, 7) is 3.68. The number of halogens is 1. The SMILES string of the molecule is CCOC(=O)C1[C@H]2COc3cc(OC)ccc3[C@H]2N2C(=O)N(c3cccc(Cl)c3)C(=O)[C@]12C. The van der Waals surface area contributed by atoms with Gasteiger partial charge in [0.05, 0.1) is 38.0 Å². The van der Waals surface area contributed by atoms with Gasteiger partial charge in [0.25, 0.3) is 5.91 Å². The molecule has 2 saturated heterocycles. The topological polar surface area (TPSA) is 85.4 Å². The highest BCUT2D eigenvalue weighted by Gasteiger charge is 2.72. The number of nitrogens with zero attached hydrogens (tertiary/aromatic N) is 2. The molecule has 3 aliphatic rings. The van der Waals surface area contributed by atoms with E-state index in [2.05, 4.69) is 0 Å². The van der Waals surface area contributed by atoms with Crippen molar-refractivity contribution < 1.29 is 28.6 Å². The van der Waals surface area contributed by atoms with Crippen molar-refractivity contribution in [3.8, 4) is 11.5 Å². The van der Waals surface area contributed by atoms with Gasteiger partial charge in [-0.05, 0) is 44.2 Å². The predicted molar refractivity (Wildman–Crippen MR) is 119 cm³/mol. The fourth-order valence-corrected chi connectivity index (χ4v) is 5.62. The van der Waals surface area contributed by atoms with E-state index < -0.39 is 41.3 Å². The number of methoxy groups -OCH3 is 1. The van der Waals surface area contributed by atoms with Crippen LogP contribution in [0.2, 0.25) is 5.02 Å². The molecule has 0 N–H and O–H groups in total. The van der Waals surface area contributed by atoms with Crippen LogP contribution in [-0.4, -0.2) is 48.7 Å². The van der Waals surface area contributed by atoms with Crippen LogP contribution >= 0.6 is 11.6 Å². The Bertz CT molecular complexity index is 1170. The minimum atomic E-state index is -1.44. The van der Waals surface area contributed by atoms with E-state index in [1.165, 1.54) is 4.90 Å². The highest BCUT2D eigenvalue weighted by molar-refractivity contribution is 6.31. The molecular weight excluding hydrogens is 448 g/mol. The van der Waals surface area contributed by atoms with Gasteiger partial charge in [0.15, 0.2) is 0 Å². The Labute approximate surface area is 195 Å². The average molecular weight is 471 g/mol. The van der Waals surface area contributed by atoms with Crippen LogP contribution in [0.1, 0.15) is 25.5 Å². The fourth-order valence-electron chi connectivity index (χ4n) is 5.44. The van der Waals surface area contributed by atoms with E-state index in [-0.39, 0.29) is 13.2 Å². The van der Waals surface area contributed by atoms with Gasteiger partial charge in [-0.15, -0.1) is 0 Å². The van der Waals surface area contributed by atoms with Gasteiger partial charge in [-0.3, -0.25) is 9.59 Å². The van der Waals surface area contributed by atoms with Crippen molar-refractivity contribution in [1.29, 1.82) is 0 Å². The monoisotopic (exact) mass is 470 g/mol. The molecule has 0 aliphatic carbocycles. The summed E-state index contributed by atoms with van der Waals surface area (Å²) < 4.78 is 16.7. The maximum atomic E-state index is 13.9. The smallest absolute Gasteiger partial charge is 0.332 e. The van der Waals surface area contributed by atoms with E-state index in [9.17, 15) is 14.4 Å². The number of carbonyl (C=O) groups is 3. The van der Waals surface area contributed by atoms with E-state index in [1.807, 2.05) is 6.07 Å². The number of imide groups is 1. The van der Waals surface area contributed by atoms with Gasteiger partial charge in [0, 0.05) is 22.6 Å². The van der Waals surface area contributed by atoms with Crippen molar-refractivity contribution >= 4 is 35.2 Å². The van der Waals surface area contributed by atoms with Gasteiger partial charge >= 0.3 is 12.0 Å². The first-order chi connectivity index (χ1) is 15.8. The van der Waals surface area contributed by atoms with Crippen molar-refractivity contribution in [3.63, 3.8) is 0 Å². The van der Waals surface area contributed by atoms with Crippen molar-refractivity contribution in [2.24, 2.45) is 11.8 Å². The molecule has 5 rings (SSSR count). The second-order valence-electron chi connectivity index (χ2n) is 8.47. The molecule has 4 atom stereocenters. The summed E-state index contributed by atoms with van der Waals surface area (Å²) in [5, 5.41) is 0.397.